The quantitative estimate of drug-likeness (QED) is 0.597. The van der Waals surface area contributed by atoms with E-state index in [4.69, 9.17) is 0 Å². The molecule has 64 valence electrons. The molecule has 0 heterocycles. The second-order valence-electron chi connectivity index (χ2n) is 3.52. The molecule has 1 aliphatic rings. The Hall–Kier alpha value is -0.850. The summed E-state index contributed by atoms with van der Waals surface area (Å²) in [6, 6.07) is 10.3. The van der Waals surface area contributed by atoms with Gasteiger partial charge < -0.3 is 0 Å². The molecule has 0 spiro atoms. The summed E-state index contributed by atoms with van der Waals surface area (Å²) in [5, 5.41) is 0. The summed E-state index contributed by atoms with van der Waals surface area (Å²) in [5.74, 6) is 0.473. The zero-order chi connectivity index (χ0) is 8.39. The smallest absolute Gasteiger partial charge is 0.101 e. The van der Waals surface area contributed by atoms with Crippen molar-refractivity contribution in [3.8, 4) is 0 Å². The van der Waals surface area contributed by atoms with Gasteiger partial charge in [0.25, 0.3) is 0 Å². The average Bonchev–Trinajstić information content (AvgIpc) is 2.54. The first-order chi connectivity index (χ1) is 5.86. The number of rotatable bonds is 1. The van der Waals surface area contributed by atoms with Crippen molar-refractivity contribution in [1.29, 1.82) is 0 Å². The SMILES string of the molecule is F[C@@H]1CC[C@@H](c2ccccc2)C1. The third kappa shape index (κ3) is 1.50. The fraction of sp³-hybridized carbons (Fsp3) is 0.455. The highest BCUT2D eigenvalue weighted by atomic mass is 19.1. The van der Waals surface area contributed by atoms with E-state index in [1.807, 2.05) is 18.2 Å². The van der Waals surface area contributed by atoms with Gasteiger partial charge in [-0.25, -0.2) is 4.39 Å². The highest BCUT2D eigenvalue weighted by Gasteiger charge is 2.24. The molecule has 2 atom stereocenters. The Morgan fingerprint density at radius 2 is 1.83 bits per heavy atom. The molecule has 12 heavy (non-hydrogen) atoms. The number of hydrogen-bond acceptors (Lipinski definition) is 0. The van der Waals surface area contributed by atoms with Crippen molar-refractivity contribution in [2.24, 2.45) is 0 Å². The number of alkyl halides is 1. The maximum absolute atomic E-state index is 12.9. The van der Waals surface area contributed by atoms with Gasteiger partial charge in [0.05, 0.1) is 0 Å². The van der Waals surface area contributed by atoms with Gasteiger partial charge in [0.15, 0.2) is 0 Å². The largest absolute Gasteiger partial charge is 0.247 e. The molecule has 0 unspecified atom stereocenters. The molecule has 1 saturated carbocycles. The summed E-state index contributed by atoms with van der Waals surface area (Å²) in [7, 11) is 0. The fourth-order valence-corrected chi connectivity index (χ4v) is 1.95. The molecule has 0 aromatic heterocycles. The maximum Gasteiger partial charge on any atom is 0.101 e. The highest BCUT2D eigenvalue weighted by molar-refractivity contribution is 5.20. The fourth-order valence-electron chi connectivity index (χ4n) is 1.95. The van der Waals surface area contributed by atoms with Crippen molar-refractivity contribution in [1.82, 2.24) is 0 Å². The summed E-state index contributed by atoms with van der Waals surface area (Å²) in [6.45, 7) is 0. The van der Waals surface area contributed by atoms with Crippen molar-refractivity contribution < 1.29 is 4.39 Å². The van der Waals surface area contributed by atoms with Crippen LogP contribution in [0.4, 0.5) is 4.39 Å². The highest BCUT2D eigenvalue weighted by Crippen LogP contribution is 2.35. The molecule has 0 radical (unpaired) electrons. The van der Waals surface area contributed by atoms with E-state index >= 15 is 0 Å². The van der Waals surface area contributed by atoms with Gasteiger partial charge in [-0.15, -0.1) is 0 Å². The lowest BCUT2D eigenvalue weighted by atomic mass is 9.98. The van der Waals surface area contributed by atoms with E-state index in [0.29, 0.717) is 5.92 Å². The molecular weight excluding hydrogens is 151 g/mol. The molecule has 2 rings (SSSR count). The van der Waals surface area contributed by atoms with Crippen LogP contribution in [-0.2, 0) is 0 Å². The zero-order valence-corrected chi connectivity index (χ0v) is 7.04. The molecule has 0 aliphatic heterocycles. The molecule has 1 aromatic carbocycles. The molecule has 1 aromatic rings. The topological polar surface area (TPSA) is 0 Å². The van der Waals surface area contributed by atoms with Gasteiger partial charge in [0.2, 0.25) is 0 Å². The number of halogens is 1. The van der Waals surface area contributed by atoms with Crippen molar-refractivity contribution in [2.45, 2.75) is 31.4 Å². The first kappa shape index (κ1) is 7.78. The van der Waals surface area contributed by atoms with Crippen molar-refractivity contribution in [3.63, 3.8) is 0 Å². The summed E-state index contributed by atoms with van der Waals surface area (Å²) in [6.07, 6.45) is 1.93. The van der Waals surface area contributed by atoms with Crippen LogP contribution in [0.25, 0.3) is 0 Å². The lowest BCUT2D eigenvalue weighted by Crippen LogP contribution is -1.94. The van der Waals surface area contributed by atoms with Crippen LogP contribution in [-0.4, -0.2) is 6.17 Å². The van der Waals surface area contributed by atoms with Crippen LogP contribution in [0.2, 0.25) is 0 Å². The Bertz CT molecular complexity index is 242. The molecular formula is C11H13F. The van der Waals surface area contributed by atoms with Gasteiger partial charge >= 0.3 is 0 Å². The van der Waals surface area contributed by atoms with Crippen molar-refractivity contribution >= 4 is 0 Å². The molecule has 0 bridgehead atoms. The van der Waals surface area contributed by atoms with E-state index in [0.717, 1.165) is 19.3 Å². The van der Waals surface area contributed by atoms with E-state index in [9.17, 15) is 4.39 Å². The third-order valence-electron chi connectivity index (χ3n) is 2.64. The Labute approximate surface area is 72.4 Å². The maximum atomic E-state index is 12.9. The van der Waals surface area contributed by atoms with Gasteiger partial charge in [-0.1, -0.05) is 30.3 Å². The zero-order valence-electron chi connectivity index (χ0n) is 7.04. The van der Waals surface area contributed by atoms with Gasteiger partial charge in [0, 0.05) is 0 Å². The molecule has 0 amide bonds. The standard InChI is InChI=1S/C11H13F/c12-11-7-6-10(8-11)9-4-2-1-3-5-9/h1-5,10-11H,6-8H2/t10-,11-/m1/s1. The summed E-state index contributed by atoms with van der Waals surface area (Å²) in [5.41, 5.74) is 1.30. The first-order valence-electron chi connectivity index (χ1n) is 4.55. The number of hydrogen-bond donors (Lipinski definition) is 0. The molecule has 0 N–H and O–H groups in total. The molecule has 1 heteroatoms. The Morgan fingerprint density at radius 3 is 2.42 bits per heavy atom. The Balaban J connectivity index is 2.11. The minimum absolute atomic E-state index is 0.473. The van der Waals surface area contributed by atoms with Crippen LogP contribution in [0, 0.1) is 0 Å². The number of benzene rings is 1. The molecule has 1 fully saturated rings. The lowest BCUT2D eigenvalue weighted by molar-refractivity contribution is 0.339. The second kappa shape index (κ2) is 3.26. The van der Waals surface area contributed by atoms with E-state index in [2.05, 4.69) is 12.1 Å². The van der Waals surface area contributed by atoms with Gasteiger partial charge in [-0.3, -0.25) is 0 Å². The summed E-state index contributed by atoms with van der Waals surface area (Å²) < 4.78 is 12.9. The van der Waals surface area contributed by atoms with Gasteiger partial charge in [-0.05, 0) is 30.7 Å². The predicted molar refractivity (Wildman–Crippen MR) is 47.9 cm³/mol. The molecule has 0 saturated heterocycles. The van der Waals surface area contributed by atoms with E-state index in [-0.39, 0.29) is 0 Å². The van der Waals surface area contributed by atoms with Crippen LogP contribution in [0.1, 0.15) is 30.7 Å². The second-order valence-corrected chi connectivity index (χ2v) is 3.52. The summed E-state index contributed by atoms with van der Waals surface area (Å²) in [4.78, 5) is 0. The van der Waals surface area contributed by atoms with Crippen molar-refractivity contribution in [3.05, 3.63) is 35.9 Å². The Kier molecular flexibility index (Phi) is 2.11. The van der Waals surface area contributed by atoms with Crippen LogP contribution in [0.3, 0.4) is 0 Å². The van der Waals surface area contributed by atoms with Gasteiger partial charge in [0.1, 0.15) is 6.17 Å². The lowest BCUT2D eigenvalue weighted by Gasteiger charge is -2.07. The average molecular weight is 164 g/mol. The Morgan fingerprint density at radius 1 is 1.08 bits per heavy atom. The monoisotopic (exact) mass is 164 g/mol. The summed E-state index contributed by atoms with van der Waals surface area (Å²) >= 11 is 0. The third-order valence-corrected chi connectivity index (χ3v) is 2.64. The molecule has 0 nitrogen and oxygen atoms in total. The van der Waals surface area contributed by atoms with Crippen LogP contribution >= 0.6 is 0 Å². The first-order valence-corrected chi connectivity index (χ1v) is 4.55. The minimum Gasteiger partial charge on any atom is -0.247 e. The van der Waals surface area contributed by atoms with Crippen LogP contribution in [0.15, 0.2) is 30.3 Å². The van der Waals surface area contributed by atoms with E-state index in [1.165, 1.54) is 5.56 Å². The van der Waals surface area contributed by atoms with E-state index in [1.54, 1.807) is 0 Å². The van der Waals surface area contributed by atoms with Gasteiger partial charge in [-0.2, -0.15) is 0 Å². The minimum atomic E-state index is -0.560. The predicted octanol–water partition coefficient (Wildman–Crippen LogP) is 3.29. The van der Waals surface area contributed by atoms with Crippen LogP contribution in [0.5, 0.6) is 0 Å². The van der Waals surface area contributed by atoms with Crippen molar-refractivity contribution in [2.75, 3.05) is 0 Å². The van der Waals surface area contributed by atoms with E-state index < -0.39 is 6.17 Å². The van der Waals surface area contributed by atoms with Crippen LogP contribution < -0.4 is 0 Å². The molecule has 1 aliphatic carbocycles. The normalized spacial score (nSPS) is 29.1.